The minimum Gasteiger partial charge on any atom is -0.465 e. The van der Waals surface area contributed by atoms with Crippen molar-refractivity contribution >= 4 is 24.6 Å². The highest BCUT2D eigenvalue weighted by Gasteiger charge is 1.99. The van der Waals surface area contributed by atoms with Crippen molar-refractivity contribution in [2.45, 2.75) is 40.5 Å². The second-order valence-electron chi connectivity index (χ2n) is 5.17. The Kier molecular flexibility index (Phi) is 14.7. The number of ether oxygens (including phenoxy) is 1. The van der Waals surface area contributed by atoms with Crippen molar-refractivity contribution in [3.8, 4) is 0 Å². The van der Waals surface area contributed by atoms with Crippen LogP contribution in [0, 0.1) is 6.92 Å². The molecular formula is C20H30N4O3. The number of amides is 1. The Labute approximate surface area is 161 Å². The number of nitrogens with one attached hydrogen (secondary N) is 2. The first-order valence-electron chi connectivity index (χ1n) is 9.07. The van der Waals surface area contributed by atoms with Gasteiger partial charge in [0.05, 0.1) is 6.61 Å². The molecule has 27 heavy (non-hydrogen) atoms. The Morgan fingerprint density at radius 3 is 2.59 bits per heavy atom. The first-order valence-corrected chi connectivity index (χ1v) is 9.07. The number of carbonyl (C=O) groups is 2. The summed E-state index contributed by atoms with van der Waals surface area (Å²) in [5.74, 6) is -0.181. The summed E-state index contributed by atoms with van der Waals surface area (Å²) < 4.78 is 5.37. The second-order valence-corrected chi connectivity index (χ2v) is 5.17. The first kappa shape index (κ1) is 24.0. The zero-order chi connectivity index (χ0) is 20.3. The van der Waals surface area contributed by atoms with Gasteiger partial charge in [0.25, 0.3) is 6.02 Å². The number of amidine groups is 1. The molecule has 0 aromatic heterocycles. The largest absolute Gasteiger partial charge is 0.465 e. The molecule has 0 atom stereocenters. The molecule has 0 radical (unpaired) electrons. The van der Waals surface area contributed by atoms with Gasteiger partial charge in [0, 0.05) is 18.0 Å². The van der Waals surface area contributed by atoms with Crippen LogP contribution in [0.2, 0.25) is 0 Å². The molecule has 148 valence electrons. The van der Waals surface area contributed by atoms with E-state index in [0.29, 0.717) is 12.6 Å². The van der Waals surface area contributed by atoms with Gasteiger partial charge in [-0.15, -0.1) is 0 Å². The first-order chi connectivity index (χ1) is 13.2. The summed E-state index contributed by atoms with van der Waals surface area (Å²) in [6.07, 6.45) is 7.25. The molecule has 0 saturated heterocycles. The third-order valence-electron chi connectivity index (χ3n) is 2.94. The molecule has 1 aliphatic heterocycles. The topological polar surface area (TPSA) is 92.2 Å². The number of hydrogen-bond donors (Lipinski definition) is 2. The summed E-state index contributed by atoms with van der Waals surface area (Å²) in [6, 6.07) is 7.86. The van der Waals surface area contributed by atoms with Crippen molar-refractivity contribution in [3.05, 3.63) is 47.8 Å². The van der Waals surface area contributed by atoms with Crippen molar-refractivity contribution in [2.24, 2.45) is 9.98 Å². The summed E-state index contributed by atoms with van der Waals surface area (Å²) in [7, 11) is 0. The number of hydrogen-bond acceptors (Lipinski definition) is 6. The van der Waals surface area contributed by atoms with E-state index in [9.17, 15) is 9.59 Å². The molecule has 0 unspecified atom stereocenters. The maximum Gasteiger partial charge on any atom is 0.294 e. The molecule has 0 fully saturated rings. The monoisotopic (exact) mass is 374 g/mol. The van der Waals surface area contributed by atoms with Gasteiger partial charge in [-0.05, 0) is 19.4 Å². The van der Waals surface area contributed by atoms with E-state index >= 15 is 0 Å². The van der Waals surface area contributed by atoms with Crippen LogP contribution in [0.4, 0.5) is 0 Å². The fraction of sp³-hybridized carbons (Fsp3) is 0.400. The summed E-state index contributed by atoms with van der Waals surface area (Å²) >= 11 is 0. The molecule has 1 aromatic carbocycles. The van der Waals surface area contributed by atoms with E-state index in [1.54, 1.807) is 12.3 Å². The highest BCUT2D eigenvalue weighted by atomic mass is 16.5. The van der Waals surface area contributed by atoms with Gasteiger partial charge in [-0.3, -0.25) is 14.6 Å². The van der Waals surface area contributed by atoms with Crippen LogP contribution in [0.1, 0.15) is 49.5 Å². The molecule has 7 nitrogen and oxygen atoms in total. The maximum absolute atomic E-state index is 11.0. The molecule has 2 rings (SSSR count). The summed E-state index contributed by atoms with van der Waals surface area (Å²) in [5, 5.41) is 5.34. The summed E-state index contributed by atoms with van der Waals surface area (Å²) in [5.41, 5.74) is 1.87. The highest BCUT2D eigenvalue weighted by molar-refractivity contribution is 5.85. The van der Waals surface area contributed by atoms with E-state index in [4.69, 9.17) is 4.74 Å². The molecule has 0 spiro atoms. The zero-order valence-corrected chi connectivity index (χ0v) is 16.6. The Morgan fingerprint density at radius 1 is 1.22 bits per heavy atom. The van der Waals surface area contributed by atoms with E-state index in [0.717, 1.165) is 30.3 Å². The molecule has 1 amide bonds. The zero-order valence-electron chi connectivity index (χ0n) is 16.6. The van der Waals surface area contributed by atoms with Crippen LogP contribution in [-0.4, -0.2) is 37.7 Å². The van der Waals surface area contributed by atoms with E-state index in [1.165, 1.54) is 12.5 Å². The fourth-order valence-corrected chi connectivity index (χ4v) is 1.68. The number of nitrogens with zero attached hydrogens (tertiary/aromatic N) is 2. The lowest BCUT2D eigenvalue weighted by Crippen LogP contribution is -2.26. The predicted molar refractivity (Wildman–Crippen MR) is 110 cm³/mol. The van der Waals surface area contributed by atoms with Gasteiger partial charge >= 0.3 is 0 Å². The van der Waals surface area contributed by atoms with Crippen LogP contribution in [0.3, 0.4) is 0 Å². The number of benzene rings is 1. The van der Waals surface area contributed by atoms with Gasteiger partial charge in [-0.25, -0.2) is 0 Å². The van der Waals surface area contributed by atoms with Gasteiger partial charge < -0.3 is 15.4 Å². The normalized spacial score (nSPS) is 13.9. The molecule has 0 saturated carbocycles. The van der Waals surface area contributed by atoms with E-state index in [-0.39, 0.29) is 12.5 Å². The summed E-state index contributed by atoms with van der Waals surface area (Å²) in [6.45, 7) is 8.72. The average molecular weight is 374 g/mol. The highest BCUT2D eigenvalue weighted by Crippen LogP contribution is 1.99. The average Bonchev–Trinajstić information content (AvgIpc) is 2.70. The molecule has 1 aromatic rings. The number of carbonyl (C=O) groups excluding carboxylic acids is 2. The van der Waals surface area contributed by atoms with Crippen molar-refractivity contribution < 1.29 is 14.3 Å². The van der Waals surface area contributed by atoms with Gasteiger partial charge in [-0.1, -0.05) is 51.0 Å². The van der Waals surface area contributed by atoms with Crippen LogP contribution < -0.4 is 10.6 Å². The maximum atomic E-state index is 11.0. The SMILES string of the molecule is CC.CCCCOC1=NC=NCC(=O)N/C=C/N1.Cc1cccc(C=O)c1. The number of aldehydes is 1. The Bertz CT molecular complexity index is 640. The van der Waals surface area contributed by atoms with Crippen LogP contribution >= 0.6 is 0 Å². The quantitative estimate of drug-likeness (QED) is 0.625. The Morgan fingerprint density at radius 2 is 1.96 bits per heavy atom. The van der Waals surface area contributed by atoms with E-state index < -0.39 is 0 Å². The van der Waals surface area contributed by atoms with Gasteiger partial charge in [0.15, 0.2) is 0 Å². The fourth-order valence-electron chi connectivity index (χ4n) is 1.68. The molecular weight excluding hydrogens is 344 g/mol. The van der Waals surface area contributed by atoms with Crippen molar-refractivity contribution in [1.82, 2.24) is 10.6 Å². The van der Waals surface area contributed by atoms with Gasteiger partial charge in [0.2, 0.25) is 5.91 Å². The summed E-state index contributed by atoms with van der Waals surface area (Å²) in [4.78, 5) is 28.9. The minimum atomic E-state index is -0.181. The second kappa shape index (κ2) is 16.5. The number of aryl methyl sites for hydroxylation is 1. The third-order valence-corrected chi connectivity index (χ3v) is 2.94. The van der Waals surface area contributed by atoms with Crippen LogP contribution in [0.5, 0.6) is 0 Å². The van der Waals surface area contributed by atoms with Crippen molar-refractivity contribution in [1.29, 1.82) is 0 Å². The predicted octanol–water partition coefficient (Wildman–Crippen LogP) is 3.21. The van der Waals surface area contributed by atoms with E-state index in [1.807, 2.05) is 39.0 Å². The lowest BCUT2D eigenvalue weighted by Gasteiger charge is -2.07. The minimum absolute atomic E-state index is 0.0656. The lowest BCUT2D eigenvalue weighted by molar-refractivity contribution is -0.118. The number of aliphatic imine (C=N–C) groups is 2. The molecule has 2 N–H and O–H groups in total. The molecule has 0 bridgehead atoms. The van der Waals surface area contributed by atoms with Gasteiger partial charge in [-0.2, -0.15) is 4.99 Å². The lowest BCUT2D eigenvalue weighted by atomic mass is 10.2. The van der Waals surface area contributed by atoms with Crippen LogP contribution in [0.15, 0.2) is 46.7 Å². The smallest absolute Gasteiger partial charge is 0.294 e. The third kappa shape index (κ3) is 13.0. The Hall–Kier alpha value is -2.96. The number of unbranched alkanes of at least 4 members (excludes halogenated alkanes) is 1. The number of rotatable bonds is 4. The molecule has 0 aliphatic carbocycles. The molecule has 1 aliphatic rings. The van der Waals surface area contributed by atoms with Crippen LogP contribution in [-0.2, 0) is 9.53 Å². The standard InChI is InChI=1S/C10H16N4O2.C8H8O.C2H6/c1-2-3-6-16-10-13-5-4-12-9(15)7-11-8-14-10;1-7-3-2-4-8(5-7)6-9;1-2/h4-5,8H,2-3,6-7H2,1H3,(H,12,15)(H,11,13,14);2-6H,1H3;1-2H3/b5-4+;;. The van der Waals surface area contributed by atoms with E-state index in [2.05, 4.69) is 27.5 Å². The van der Waals surface area contributed by atoms with Crippen molar-refractivity contribution in [3.63, 3.8) is 0 Å². The molecule has 7 heteroatoms. The molecule has 1 heterocycles. The Balaban J connectivity index is 0.000000519. The van der Waals surface area contributed by atoms with Crippen molar-refractivity contribution in [2.75, 3.05) is 13.2 Å². The van der Waals surface area contributed by atoms with Crippen LogP contribution in [0.25, 0.3) is 0 Å². The van der Waals surface area contributed by atoms with Gasteiger partial charge in [0.1, 0.15) is 19.2 Å².